The van der Waals surface area contributed by atoms with E-state index in [0.717, 1.165) is 5.39 Å². The lowest BCUT2D eigenvalue weighted by atomic mass is 10.2. The van der Waals surface area contributed by atoms with Gasteiger partial charge >= 0.3 is 0 Å². The standard InChI is InChI=1S/C20H17ClFN7O/c21-14-3-1-2-13-16(14)26-20(25-15-10-23-8-9-24-19(15)30)29-18(13)27-17(28-29)11-4-6-12(22)7-5-11/h1-7,15,23H,8-10H2,(H,24,30)(H,25,26)/t15-/m1/s1. The van der Waals surface area contributed by atoms with Crippen molar-refractivity contribution in [2.45, 2.75) is 6.04 Å². The average Bonchev–Trinajstić information content (AvgIpc) is 3.10. The minimum absolute atomic E-state index is 0.131. The van der Waals surface area contributed by atoms with E-state index in [2.05, 4.69) is 31.0 Å². The molecule has 2 aromatic heterocycles. The third kappa shape index (κ3) is 3.31. The Balaban J connectivity index is 1.68. The number of hydrogen-bond acceptors (Lipinski definition) is 6. The number of nitrogens with one attached hydrogen (secondary N) is 3. The highest BCUT2D eigenvalue weighted by atomic mass is 35.5. The summed E-state index contributed by atoms with van der Waals surface area (Å²) in [5.41, 5.74) is 1.75. The largest absolute Gasteiger partial charge is 0.353 e. The molecule has 0 saturated carbocycles. The molecule has 0 aliphatic carbocycles. The van der Waals surface area contributed by atoms with E-state index >= 15 is 0 Å². The summed E-state index contributed by atoms with van der Waals surface area (Å²) < 4.78 is 14.9. The Labute approximate surface area is 175 Å². The van der Waals surface area contributed by atoms with Crippen molar-refractivity contribution in [2.75, 3.05) is 25.0 Å². The quantitative estimate of drug-likeness (QED) is 0.466. The molecule has 1 aliphatic heterocycles. The van der Waals surface area contributed by atoms with Crippen molar-refractivity contribution in [3.8, 4) is 11.4 Å². The van der Waals surface area contributed by atoms with Crippen LogP contribution >= 0.6 is 11.6 Å². The fourth-order valence-electron chi connectivity index (χ4n) is 3.42. The summed E-state index contributed by atoms with van der Waals surface area (Å²) in [5.74, 6) is 0.287. The summed E-state index contributed by atoms with van der Waals surface area (Å²) >= 11 is 6.39. The van der Waals surface area contributed by atoms with Crippen LogP contribution in [-0.4, -0.2) is 51.2 Å². The molecule has 3 N–H and O–H groups in total. The van der Waals surface area contributed by atoms with Crippen molar-refractivity contribution < 1.29 is 9.18 Å². The predicted molar refractivity (Wildman–Crippen MR) is 112 cm³/mol. The first-order valence-corrected chi connectivity index (χ1v) is 9.84. The molecule has 1 saturated heterocycles. The third-order valence-corrected chi connectivity index (χ3v) is 5.23. The molecule has 4 aromatic rings. The van der Waals surface area contributed by atoms with Crippen molar-refractivity contribution in [1.29, 1.82) is 0 Å². The highest BCUT2D eigenvalue weighted by molar-refractivity contribution is 6.35. The van der Waals surface area contributed by atoms with Crippen LogP contribution < -0.4 is 16.0 Å². The maximum atomic E-state index is 13.3. The number of fused-ring (bicyclic) bond motifs is 3. The van der Waals surface area contributed by atoms with E-state index in [0.29, 0.717) is 53.2 Å². The average molecular weight is 426 g/mol. The van der Waals surface area contributed by atoms with Crippen molar-refractivity contribution >= 4 is 40.0 Å². The van der Waals surface area contributed by atoms with E-state index in [1.54, 1.807) is 22.7 Å². The summed E-state index contributed by atoms with van der Waals surface area (Å²) in [7, 11) is 0. The van der Waals surface area contributed by atoms with E-state index in [9.17, 15) is 9.18 Å². The lowest BCUT2D eigenvalue weighted by molar-refractivity contribution is -0.121. The summed E-state index contributed by atoms with van der Waals surface area (Å²) in [5, 5.41) is 15.0. The maximum Gasteiger partial charge on any atom is 0.243 e. The van der Waals surface area contributed by atoms with Crippen LogP contribution in [0.1, 0.15) is 0 Å². The second kappa shape index (κ2) is 7.51. The molecule has 30 heavy (non-hydrogen) atoms. The number of amides is 1. The van der Waals surface area contributed by atoms with E-state index in [-0.39, 0.29) is 11.7 Å². The topological polar surface area (TPSA) is 96.2 Å². The van der Waals surface area contributed by atoms with Gasteiger partial charge in [-0.25, -0.2) is 14.4 Å². The van der Waals surface area contributed by atoms with Crippen molar-refractivity contribution in [2.24, 2.45) is 0 Å². The Morgan fingerprint density at radius 3 is 2.80 bits per heavy atom. The molecule has 5 rings (SSSR count). The molecule has 152 valence electrons. The Morgan fingerprint density at radius 1 is 1.13 bits per heavy atom. The smallest absolute Gasteiger partial charge is 0.243 e. The van der Waals surface area contributed by atoms with Gasteiger partial charge in [-0.3, -0.25) is 4.79 Å². The molecule has 2 aromatic carbocycles. The van der Waals surface area contributed by atoms with E-state index in [4.69, 9.17) is 11.6 Å². The Bertz CT molecular complexity index is 1260. The molecule has 8 nitrogen and oxygen atoms in total. The van der Waals surface area contributed by atoms with Crippen LogP contribution in [-0.2, 0) is 4.79 Å². The Kier molecular flexibility index (Phi) is 4.68. The zero-order valence-corrected chi connectivity index (χ0v) is 16.4. The Hall–Kier alpha value is -3.30. The fourth-order valence-corrected chi connectivity index (χ4v) is 3.64. The summed E-state index contributed by atoms with van der Waals surface area (Å²) in [4.78, 5) is 21.7. The van der Waals surface area contributed by atoms with Gasteiger partial charge in [0.15, 0.2) is 11.5 Å². The predicted octanol–water partition coefficient (Wildman–Crippen LogP) is 2.24. The molecule has 10 heteroatoms. The normalized spacial score (nSPS) is 17.1. The van der Waals surface area contributed by atoms with Gasteiger partial charge in [-0.15, -0.1) is 5.10 Å². The number of nitrogens with zero attached hydrogens (tertiary/aromatic N) is 4. The van der Waals surface area contributed by atoms with Gasteiger partial charge in [-0.1, -0.05) is 17.7 Å². The highest BCUT2D eigenvalue weighted by Crippen LogP contribution is 2.28. The molecule has 1 aliphatic rings. The first-order valence-electron chi connectivity index (χ1n) is 9.46. The number of rotatable bonds is 3. The number of anilines is 1. The lowest BCUT2D eigenvalue weighted by Crippen LogP contribution is -2.42. The molecule has 0 bridgehead atoms. The SMILES string of the molecule is O=C1NCCNC[C@H]1Nc1nc2c(Cl)cccc2c2nc(-c3ccc(F)cc3)nn12. The number of para-hydroxylation sites is 1. The zero-order valence-electron chi connectivity index (χ0n) is 15.7. The van der Waals surface area contributed by atoms with Gasteiger partial charge in [0.2, 0.25) is 11.9 Å². The number of benzene rings is 2. The summed E-state index contributed by atoms with van der Waals surface area (Å²) in [6.07, 6.45) is 0. The fraction of sp³-hybridized carbons (Fsp3) is 0.200. The van der Waals surface area contributed by atoms with Crippen LogP contribution in [0.3, 0.4) is 0 Å². The number of carbonyl (C=O) groups is 1. The van der Waals surface area contributed by atoms with Crippen molar-refractivity contribution in [3.63, 3.8) is 0 Å². The highest BCUT2D eigenvalue weighted by Gasteiger charge is 2.23. The molecular formula is C20H17ClFN7O. The van der Waals surface area contributed by atoms with Gasteiger partial charge in [0.05, 0.1) is 10.5 Å². The molecule has 1 amide bonds. The summed E-state index contributed by atoms with van der Waals surface area (Å²) in [6.45, 7) is 1.69. The van der Waals surface area contributed by atoms with Gasteiger partial charge in [-0.05, 0) is 36.4 Å². The molecule has 0 spiro atoms. The summed E-state index contributed by atoms with van der Waals surface area (Å²) in [6, 6.07) is 10.8. The molecule has 0 radical (unpaired) electrons. The number of aromatic nitrogens is 4. The van der Waals surface area contributed by atoms with E-state index in [1.807, 2.05) is 12.1 Å². The van der Waals surface area contributed by atoms with Gasteiger partial charge in [0, 0.05) is 30.6 Å². The number of halogens is 2. The zero-order chi connectivity index (χ0) is 20.7. The van der Waals surface area contributed by atoms with Gasteiger partial charge in [0.1, 0.15) is 11.9 Å². The van der Waals surface area contributed by atoms with Crippen LogP contribution in [0.15, 0.2) is 42.5 Å². The molecule has 1 fully saturated rings. The van der Waals surface area contributed by atoms with Crippen molar-refractivity contribution in [3.05, 3.63) is 53.3 Å². The first-order chi connectivity index (χ1) is 14.6. The monoisotopic (exact) mass is 425 g/mol. The lowest BCUT2D eigenvalue weighted by Gasteiger charge is -2.16. The molecule has 1 atom stereocenters. The maximum absolute atomic E-state index is 13.3. The van der Waals surface area contributed by atoms with E-state index < -0.39 is 6.04 Å². The van der Waals surface area contributed by atoms with Crippen LogP contribution in [0.25, 0.3) is 27.9 Å². The molecule has 3 heterocycles. The second-order valence-electron chi connectivity index (χ2n) is 6.94. The van der Waals surface area contributed by atoms with Gasteiger partial charge < -0.3 is 16.0 Å². The minimum atomic E-state index is -0.540. The van der Waals surface area contributed by atoms with E-state index in [1.165, 1.54) is 12.1 Å². The second-order valence-corrected chi connectivity index (χ2v) is 7.35. The van der Waals surface area contributed by atoms with Crippen LogP contribution in [0, 0.1) is 5.82 Å². The van der Waals surface area contributed by atoms with Crippen LogP contribution in [0.5, 0.6) is 0 Å². The van der Waals surface area contributed by atoms with Gasteiger partial charge in [-0.2, -0.15) is 4.52 Å². The Morgan fingerprint density at radius 2 is 1.97 bits per heavy atom. The first kappa shape index (κ1) is 18.7. The van der Waals surface area contributed by atoms with Crippen LogP contribution in [0.2, 0.25) is 5.02 Å². The third-order valence-electron chi connectivity index (χ3n) is 4.92. The van der Waals surface area contributed by atoms with Gasteiger partial charge in [0.25, 0.3) is 0 Å². The number of hydrogen-bond donors (Lipinski definition) is 3. The minimum Gasteiger partial charge on any atom is -0.353 e. The van der Waals surface area contributed by atoms with Crippen molar-refractivity contribution in [1.82, 2.24) is 30.2 Å². The van der Waals surface area contributed by atoms with Crippen LogP contribution in [0.4, 0.5) is 10.3 Å². The molecular weight excluding hydrogens is 409 g/mol. The number of carbonyl (C=O) groups excluding carboxylic acids is 1. The molecule has 0 unspecified atom stereocenters.